The van der Waals surface area contributed by atoms with Gasteiger partial charge >= 0.3 is 0 Å². The Morgan fingerprint density at radius 3 is 1.84 bits per heavy atom. The normalized spacial score (nSPS) is 17.9. The van der Waals surface area contributed by atoms with Crippen molar-refractivity contribution in [2.75, 3.05) is 27.8 Å². The number of ether oxygens (including phenoxy) is 2. The highest BCUT2D eigenvalue weighted by molar-refractivity contribution is 5.49. The number of benzene rings is 3. The van der Waals surface area contributed by atoms with Crippen molar-refractivity contribution in [3.05, 3.63) is 95.1 Å². The van der Waals surface area contributed by atoms with Gasteiger partial charge in [-0.3, -0.25) is 0 Å². The highest BCUT2D eigenvalue weighted by Gasteiger charge is 2.31. The lowest BCUT2D eigenvalue weighted by Gasteiger charge is -2.37. The lowest BCUT2D eigenvalue weighted by Crippen LogP contribution is -2.47. The van der Waals surface area contributed by atoms with Crippen molar-refractivity contribution < 1.29 is 14.6 Å². The monoisotopic (exact) mass is 431 g/mol. The third kappa shape index (κ3) is 4.82. The summed E-state index contributed by atoms with van der Waals surface area (Å²) < 4.78 is 10.9. The Kier molecular flexibility index (Phi) is 7.13. The maximum Gasteiger partial charge on any atom is 0.161 e. The van der Waals surface area contributed by atoms with Gasteiger partial charge in [0, 0.05) is 18.4 Å². The molecule has 0 amide bonds. The van der Waals surface area contributed by atoms with E-state index in [1.807, 2.05) is 6.07 Å². The average molecular weight is 432 g/mol. The van der Waals surface area contributed by atoms with Crippen molar-refractivity contribution in [3.63, 3.8) is 0 Å². The van der Waals surface area contributed by atoms with E-state index < -0.39 is 6.10 Å². The van der Waals surface area contributed by atoms with Crippen molar-refractivity contribution in [1.29, 1.82) is 0 Å². The molecule has 3 aromatic carbocycles. The second-order valence-corrected chi connectivity index (χ2v) is 8.66. The zero-order valence-electron chi connectivity index (χ0n) is 19.2. The first-order valence-electron chi connectivity index (χ1n) is 11.3. The second-order valence-electron chi connectivity index (χ2n) is 8.66. The predicted molar refractivity (Wildman–Crippen MR) is 129 cm³/mol. The summed E-state index contributed by atoms with van der Waals surface area (Å²) in [6, 6.07) is 25.6. The smallest absolute Gasteiger partial charge is 0.161 e. The summed E-state index contributed by atoms with van der Waals surface area (Å²) in [6.45, 7) is 0.902. The minimum absolute atomic E-state index is 0.0767. The maximum absolute atomic E-state index is 11.0. The molecule has 0 radical (unpaired) electrons. The molecule has 1 N–H and O–H groups in total. The lowest BCUT2D eigenvalue weighted by atomic mass is 9.84. The SMILES string of the molecule is COc1cc2c(cc1OC)C[C@H](N(C)CCC(c1ccccc1)c1ccccc1)[C@@H](O)C2. The van der Waals surface area contributed by atoms with Gasteiger partial charge in [-0.15, -0.1) is 0 Å². The van der Waals surface area contributed by atoms with E-state index in [1.165, 1.54) is 16.7 Å². The van der Waals surface area contributed by atoms with E-state index >= 15 is 0 Å². The van der Waals surface area contributed by atoms with Crippen LogP contribution in [0.25, 0.3) is 0 Å². The third-order valence-electron chi connectivity index (χ3n) is 6.75. The molecule has 0 spiro atoms. The zero-order chi connectivity index (χ0) is 22.5. The van der Waals surface area contributed by atoms with Crippen LogP contribution in [0.2, 0.25) is 0 Å². The summed E-state index contributed by atoms with van der Waals surface area (Å²) in [5, 5.41) is 11.0. The van der Waals surface area contributed by atoms with Gasteiger partial charge in [-0.25, -0.2) is 0 Å². The fraction of sp³-hybridized carbons (Fsp3) is 0.357. The number of methoxy groups -OCH3 is 2. The number of likely N-dealkylation sites (N-methyl/N-ethyl adjacent to an activating group) is 1. The van der Waals surface area contributed by atoms with E-state index in [0.717, 1.165) is 36.4 Å². The Hall–Kier alpha value is -2.82. The summed E-state index contributed by atoms with van der Waals surface area (Å²) >= 11 is 0. The van der Waals surface area contributed by atoms with Crippen LogP contribution < -0.4 is 9.47 Å². The fourth-order valence-corrected chi connectivity index (χ4v) is 4.91. The lowest BCUT2D eigenvalue weighted by molar-refractivity contribution is 0.0553. The molecule has 168 valence electrons. The molecule has 32 heavy (non-hydrogen) atoms. The number of nitrogens with zero attached hydrogens (tertiary/aromatic N) is 1. The minimum atomic E-state index is -0.405. The Morgan fingerprint density at radius 2 is 1.34 bits per heavy atom. The molecular formula is C28H33NO3. The standard InChI is InChI=1S/C28H33NO3/c1-29(15-14-24(20-10-6-4-7-11-20)21-12-8-5-9-13-21)25-16-22-18-27(31-2)28(32-3)19-23(22)17-26(25)30/h4-13,18-19,24-26,30H,14-17H2,1-3H3/t25-,26-/m0/s1. The van der Waals surface area contributed by atoms with E-state index in [-0.39, 0.29) is 6.04 Å². The minimum Gasteiger partial charge on any atom is -0.493 e. The van der Waals surface area contributed by atoms with Crippen LogP contribution in [0.5, 0.6) is 11.5 Å². The summed E-state index contributed by atoms with van der Waals surface area (Å²) in [4.78, 5) is 2.32. The van der Waals surface area contributed by atoms with Crippen LogP contribution >= 0.6 is 0 Å². The van der Waals surface area contributed by atoms with E-state index in [1.54, 1.807) is 14.2 Å². The topological polar surface area (TPSA) is 41.9 Å². The molecule has 0 unspecified atom stereocenters. The van der Waals surface area contributed by atoms with Crippen molar-refractivity contribution in [2.24, 2.45) is 0 Å². The van der Waals surface area contributed by atoms with Crippen molar-refractivity contribution >= 4 is 0 Å². The quantitative estimate of drug-likeness (QED) is 0.562. The van der Waals surface area contributed by atoms with Gasteiger partial charge in [0.2, 0.25) is 0 Å². The summed E-state index contributed by atoms with van der Waals surface area (Å²) in [5.74, 6) is 1.80. The van der Waals surface area contributed by atoms with Gasteiger partial charge in [-0.2, -0.15) is 0 Å². The fourth-order valence-electron chi connectivity index (χ4n) is 4.91. The molecule has 0 heterocycles. The van der Waals surface area contributed by atoms with Crippen molar-refractivity contribution in [3.8, 4) is 11.5 Å². The average Bonchev–Trinajstić information content (AvgIpc) is 2.84. The van der Waals surface area contributed by atoms with E-state index in [2.05, 4.69) is 78.7 Å². The van der Waals surface area contributed by atoms with Crippen LogP contribution in [0.15, 0.2) is 72.8 Å². The first kappa shape index (κ1) is 22.4. The summed E-state index contributed by atoms with van der Waals surface area (Å²) in [7, 11) is 5.45. The molecule has 1 aliphatic rings. The number of hydrogen-bond donors (Lipinski definition) is 1. The number of fused-ring (bicyclic) bond motifs is 1. The van der Waals surface area contributed by atoms with Crippen LogP contribution in [0.3, 0.4) is 0 Å². The Balaban J connectivity index is 1.50. The van der Waals surface area contributed by atoms with Crippen LogP contribution in [0.1, 0.15) is 34.6 Å². The molecule has 0 fully saturated rings. The van der Waals surface area contributed by atoms with Gasteiger partial charge in [-0.05, 0) is 60.8 Å². The van der Waals surface area contributed by atoms with Gasteiger partial charge in [-0.1, -0.05) is 60.7 Å². The number of hydrogen-bond acceptors (Lipinski definition) is 4. The molecular weight excluding hydrogens is 398 g/mol. The first-order chi connectivity index (χ1) is 15.6. The van der Waals surface area contributed by atoms with Crippen molar-refractivity contribution in [2.45, 2.75) is 37.3 Å². The van der Waals surface area contributed by atoms with Crippen molar-refractivity contribution in [1.82, 2.24) is 4.90 Å². The number of rotatable bonds is 8. The van der Waals surface area contributed by atoms with E-state index in [9.17, 15) is 5.11 Å². The molecule has 0 saturated carbocycles. The first-order valence-corrected chi connectivity index (χ1v) is 11.3. The van der Waals surface area contributed by atoms with E-state index in [0.29, 0.717) is 12.3 Å². The third-order valence-corrected chi connectivity index (χ3v) is 6.75. The molecule has 4 rings (SSSR count). The zero-order valence-corrected chi connectivity index (χ0v) is 19.2. The molecule has 2 atom stereocenters. The van der Waals surface area contributed by atoms with Gasteiger partial charge in [0.1, 0.15) is 0 Å². The van der Waals surface area contributed by atoms with Crippen LogP contribution in [-0.2, 0) is 12.8 Å². The highest BCUT2D eigenvalue weighted by atomic mass is 16.5. The second kappa shape index (κ2) is 10.2. The number of aliphatic hydroxyl groups excluding tert-OH is 1. The van der Waals surface area contributed by atoms with Gasteiger partial charge < -0.3 is 19.5 Å². The Morgan fingerprint density at radius 1 is 0.844 bits per heavy atom. The van der Waals surface area contributed by atoms with Gasteiger partial charge in [0.05, 0.1) is 20.3 Å². The number of aliphatic hydroxyl groups is 1. The molecule has 0 aromatic heterocycles. The van der Waals surface area contributed by atoms with Crippen LogP contribution in [0, 0.1) is 0 Å². The van der Waals surface area contributed by atoms with Crippen LogP contribution in [0.4, 0.5) is 0 Å². The summed E-state index contributed by atoms with van der Waals surface area (Å²) in [6.07, 6.45) is 2.02. The Bertz CT molecular complexity index is 966. The molecule has 3 aromatic rings. The van der Waals surface area contributed by atoms with Gasteiger partial charge in [0.25, 0.3) is 0 Å². The molecule has 4 heteroatoms. The maximum atomic E-state index is 11.0. The molecule has 4 nitrogen and oxygen atoms in total. The van der Waals surface area contributed by atoms with Crippen LogP contribution in [-0.4, -0.2) is 50.0 Å². The highest BCUT2D eigenvalue weighted by Crippen LogP contribution is 2.35. The molecule has 1 aliphatic carbocycles. The largest absolute Gasteiger partial charge is 0.493 e. The van der Waals surface area contributed by atoms with E-state index in [4.69, 9.17) is 9.47 Å². The summed E-state index contributed by atoms with van der Waals surface area (Å²) in [5.41, 5.74) is 5.04. The Labute approximate surface area is 191 Å². The van der Waals surface area contributed by atoms with Gasteiger partial charge in [0.15, 0.2) is 11.5 Å². The molecule has 0 bridgehead atoms. The molecule has 0 aliphatic heterocycles. The predicted octanol–water partition coefficient (Wildman–Crippen LogP) is 4.69. The molecule has 0 saturated heterocycles.